The number of benzene rings is 1. The van der Waals surface area contributed by atoms with Crippen LogP contribution in [0.4, 0.5) is 5.69 Å². The zero-order valence-corrected chi connectivity index (χ0v) is 25.2. The van der Waals surface area contributed by atoms with Crippen LogP contribution < -0.4 is 0 Å². The van der Waals surface area contributed by atoms with Gasteiger partial charge >= 0.3 is 0 Å². The highest BCUT2D eigenvalue weighted by molar-refractivity contribution is 9.09. The van der Waals surface area contributed by atoms with E-state index in [0.717, 1.165) is 46.2 Å². The van der Waals surface area contributed by atoms with E-state index < -0.39 is 0 Å². The van der Waals surface area contributed by atoms with Crippen molar-refractivity contribution in [2.75, 3.05) is 18.9 Å². The number of aliphatic imine (C=N–C) groups is 1. The Morgan fingerprint density at radius 3 is 2.32 bits per heavy atom. The minimum Gasteiger partial charge on any atom is -0.366 e. The number of carbonyl (C=O) groups excluding carboxylic acids is 1. The molecule has 0 spiro atoms. The summed E-state index contributed by atoms with van der Waals surface area (Å²) >= 11 is 4.77. The van der Waals surface area contributed by atoms with E-state index in [4.69, 9.17) is 4.98 Å². The van der Waals surface area contributed by atoms with Crippen LogP contribution in [-0.2, 0) is 6.42 Å². The number of pyridine rings is 2. The molecule has 0 N–H and O–H groups in total. The topological polar surface area (TPSA) is 71.3 Å². The molecular formula is C30H34BrN5OS. The first-order valence-corrected chi connectivity index (χ1v) is 14.4. The van der Waals surface area contributed by atoms with E-state index in [-0.39, 0.29) is 5.78 Å². The molecule has 4 aromatic rings. The van der Waals surface area contributed by atoms with Gasteiger partial charge in [0.2, 0.25) is 0 Å². The van der Waals surface area contributed by atoms with E-state index in [0.29, 0.717) is 11.0 Å². The summed E-state index contributed by atoms with van der Waals surface area (Å²) in [6.45, 7) is 11.3. The molecule has 0 radical (unpaired) electrons. The Morgan fingerprint density at radius 2 is 1.71 bits per heavy atom. The lowest BCUT2D eigenvalue weighted by molar-refractivity contribution is 0.101. The van der Waals surface area contributed by atoms with Gasteiger partial charge < -0.3 is 4.90 Å². The summed E-state index contributed by atoms with van der Waals surface area (Å²) in [4.78, 5) is 30.9. The third-order valence-electron chi connectivity index (χ3n) is 5.93. The summed E-state index contributed by atoms with van der Waals surface area (Å²) in [5.41, 5.74) is 9.39. The second-order valence-corrected chi connectivity index (χ2v) is 10.7. The van der Waals surface area contributed by atoms with Gasteiger partial charge in [0.1, 0.15) is 5.69 Å². The highest BCUT2D eigenvalue weighted by Gasteiger charge is 2.10. The quantitative estimate of drug-likeness (QED) is 0.0930. The first-order valence-electron chi connectivity index (χ1n) is 12.4. The highest BCUT2D eigenvalue weighted by Crippen LogP contribution is 2.27. The zero-order chi connectivity index (χ0) is 27.7. The fourth-order valence-electron chi connectivity index (χ4n) is 3.43. The Morgan fingerprint density at radius 1 is 1.00 bits per heavy atom. The van der Waals surface area contributed by atoms with Crippen molar-refractivity contribution in [1.29, 1.82) is 0 Å². The van der Waals surface area contributed by atoms with Crippen molar-refractivity contribution in [3.8, 4) is 11.4 Å². The molecule has 3 aromatic heterocycles. The largest absolute Gasteiger partial charge is 0.366 e. The number of carbonyl (C=O) groups is 1. The van der Waals surface area contributed by atoms with Crippen LogP contribution in [0.1, 0.15) is 50.2 Å². The first-order chi connectivity index (χ1) is 18.2. The van der Waals surface area contributed by atoms with Crippen molar-refractivity contribution in [3.63, 3.8) is 0 Å². The van der Waals surface area contributed by atoms with Gasteiger partial charge in [-0.25, -0.2) is 9.98 Å². The third-order valence-corrected chi connectivity index (χ3v) is 7.29. The second kappa shape index (κ2) is 14.1. The lowest BCUT2D eigenvalue weighted by atomic mass is 10.0. The molecule has 0 aliphatic heterocycles. The summed E-state index contributed by atoms with van der Waals surface area (Å²) in [5.74, 6) is 0.0185. The van der Waals surface area contributed by atoms with Crippen molar-refractivity contribution in [2.45, 2.75) is 41.0 Å². The number of alkyl halides is 1. The fourth-order valence-corrected chi connectivity index (χ4v) is 4.52. The zero-order valence-electron chi connectivity index (χ0n) is 22.8. The molecule has 0 bridgehead atoms. The number of Topliss-reactive ketones (excluding diaryl/α,β-unsaturated/α-hetero) is 1. The molecule has 0 saturated carbocycles. The number of ketones is 1. The number of rotatable bonds is 8. The van der Waals surface area contributed by atoms with Crippen LogP contribution in [0.5, 0.6) is 0 Å². The molecule has 0 aliphatic carbocycles. The number of thiazole rings is 1. The standard InChI is InChI=1S/C22H26N4S.C8H8BrNO/c1-6-26(5)14-24-20-10-16(3)18(9-17(20)4)11-22-25-21(13-27-22)19-8-7-15(2)12-23-19;1-6-2-3-7(10-5-6)8(11)4-9/h7-10,12-14H,6,11H2,1-5H3;2-3,5H,4H2,1H3. The van der Waals surface area contributed by atoms with E-state index in [1.54, 1.807) is 23.6 Å². The summed E-state index contributed by atoms with van der Waals surface area (Å²) in [6.07, 6.45) is 6.30. The van der Waals surface area contributed by atoms with E-state index in [1.807, 2.05) is 45.6 Å². The molecule has 4 rings (SSSR count). The van der Waals surface area contributed by atoms with Gasteiger partial charge in [-0.1, -0.05) is 34.1 Å². The lowest BCUT2D eigenvalue weighted by Gasteiger charge is -2.11. The van der Waals surface area contributed by atoms with E-state index in [9.17, 15) is 4.79 Å². The van der Waals surface area contributed by atoms with Gasteiger partial charge in [-0.3, -0.25) is 14.8 Å². The summed E-state index contributed by atoms with van der Waals surface area (Å²) in [5, 5.41) is 3.54. The number of aromatic nitrogens is 3. The molecule has 6 nitrogen and oxygen atoms in total. The fraction of sp³-hybridized carbons (Fsp3) is 0.300. The van der Waals surface area contributed by atoms with Gasteiger partial charge in [-0.05, 0) is 80.6 Å². The summed E-state index contributed by atoms with van der Waals surface area (Å²) in [7, 11) is 2.03. The van der Waals surface area contributed by atoms with E-state index in [1.165, 1.54) is 16.7 Å². The van der Waals surface area contributed by atoms with Crippen LogP contribution in [0.25, 0.3) is 11.4 Å². The molecule has 8 heteroatoms. The molecule has 1 aromatic carbocycles. The molecule has 0 atom stereocenters. The number of aryl methyl sites for hydroxylation is 4. The summed E-state index contributed by atoms with van der Waals surface area (Å²) < 4.78 is 0. The van der Waals surface area contributed by atoms with Crippen molar-refractivity contribution >= 4 is 45.1 Å². The van der Waals surface area contributed by atoms with Gasteiger partial charge in [-0.2, -0.15) is 0 Å². The van der Waals surface area contributed by atoms with Crippen LogP contribution >= 0.6 is 27.3 Å². The van der Waals surface area contributed by atoms with Gasteiger partial charge in [0.05, 0.1) is 33.8 Å². The Labute approximate surface area is 238 Å². The van der Waals surface area contributed by atoms with Crippen molar-refractivity contribution in [1.82, 2.24) is 19.9 Å². The Kier molecular flexibility index (Phi) is 10.9. The van der Waals surface area contributed by atoms with Gasteiger partial charge in [-0.15, -0.1) is 11.3 Å². The molecular weight excluding hydrogens is 558 g/mol. The SMILES string of the molecule is CCN(C)C=Nc1cc(C)c(Cc2nc(-c3ccc(C)cn3)cs2)cc1C.Cc1ccc(C(=O)CBr)nc1. The minimum atomic E-state index is 0.0185. The number of hydrogen-bond acceptors (Lipinski definition) is 6. The predicted molar refractivity (Wildman–Crippen MR) is 162 cm³/mol. The average Bonchev–Trinajstić information content (AvgIpc) is 3.38. The Bertz CT molecular complexity index is 1380. The molecule has 38 heavy (non-hydrogen) atoms. The van der Waals surface area contributed by atoms with Gasteiger partial charge in [0.25, 0.3) is 0 Å². The molecule has 0 amide bonds. The average molecular weight is 593 g/mol. The molecule has 0 fully saturated rings. The second-order valence-electron chi connectivity index (χ2n) is 9.18. The first kappa shape index (κ1) is 29.3. The smallest absolute Gasteiger partial charge is 0.191 e. The molecule has 198 valence electrons. The maximum absolute atomic E-state index is 11.0. The van der Waals surface area contributed by atoms with E-state index >= 15 is 0 Å². The van der Waals surface area contributed by atoms with Crippen LogP contribution in [0, 0.1) is 27.7 Å². The van der Waals surface area contributed by atoms with E-state index in [2.05, 4.69) is 80.1 Å². The van der Waals surface area contributed by atoms with Crippen LogP contribution in [-0.4, -0.2) is 50.9 Å². The predicted octanol–water partition coefficient (Wildman–Crippen LogP) is 7.30. The molecule has 0 unspecified atom stereocenters. The Hall–Kier alpha value is -3.23. The highest BCUT2D eigenvalue weighted by atomic mass is 79.9. The summed E-state index contributed by atoms with van der Waals surface area (Å²) in [6, 6.07) is 12.1. The van der Waals surface area contributed by atoms with Crippen molar-refractivity contribution in [3.05, 3.63) is 92.7 Å². The minimum absolute atomic E-state index is 0.0185. The maximum atomic E-state index is 11.0. The normalized spacial score (nSPS) is 10.8. The van der Waals surface area contributed by atoms with Crippen LogP contribution in [0.2, 0.25) is 0 Å². The van der Waals surface area contributed by atoms with Crippen LogP contribution in [0.15, 0.2) is 59.2 Å². The van der Waals surface area contributed by atoms with Crippen molar-refractivity contribution < 1.29 is 4.79 Å². The number of hydrogen-bond donors (Lipinski definition) is 0. The lowest BCUT2D eigenvalue weighted by Crippen LogP contribution is -2.14. The molecule has 3 heterocycles. The molecule has 0 saturated heterocycles. The van der Waals surface area contributed by atoms with Gasteiger partial charge in [0, 0.05) is 37.8 Å². The maximum Gasteiger partial charge on any atom is 0.191 e. The Balaban J connectivity index is 0.000000304. The molecule has 0 aliphatic rings. The van der Waals surface area contributed by atoms with Crippen LogP contribution in [0.3, 0.4) is 0 Å². The third kappa shape index (κ3) is 8.39. The number of halogens is 1. The number of nitrogens with zero attached hydrogens (tertiary/aromatic N) is 5. The van der Waals surface area contributed by atoms with Gasteiger partial charge in [0.15, 0.2) is 5.78 Å². The van der Waals surface area contributed by atoms with Crippen molar-refractivity contribution in [2.24, 2.45) is 4.99 Å². The monoisotopic (exact) mass is 591 g/mol.